The maximum atomic E-state index is 13.3. The molecule has 1 unspecified atom stereocenters. The van der Waals surface area contributed by atoms with Gasteiger partial charge in [0.15, 0.2) is 0 Å². The minimum Gasteiger partial charge on any atom is -0.337 e. The zero-order valence-corrected chi connectivity index (χ0v) is 12.2. The summed E-state index contributed by atoms with van der Waals surface area (Å²) in [5, 5.41) is 3.21. The van der Waals surface area contributed by atoms with Crippen molar-refractivity contribution < 1.29 is 9.18 Å². The number of halogens is 3. The van der Waals surface area contributed by atoms with E-state index < -0.39 is 5.82 Å². The Morgan fingerprint density at radius 3 is 2.89 bits per heavy atom. The Balaban J connectivity index is 0.00000180. The van der Waals surface area contributed by atoms with Crippen LogP contribution >= 0.6 is 24.0 Å². The molecule has 1 saturated heterocycles. The van der Waals surface area contributed by atoms with Crippen LogP contribution < -0.4 is 5.32 Å². The van der Waals surface area contributed by atoms with Gasteiger partial charge in [-0.3, -0.25) is 4.79 Å². The van der Waals surface area contributed by atoms with Crippen LogP contribution in [0.1, 0.15) is 23.2 Å². The van der Waals surface area contributed by atoms with Gasteiger partial charge in [0.2, 0.25) is 0 Å². The van der Waals surface area contributed by atoms with Crippen LogP contribution in [0.3, 0.4) is 0 Å². The van der Waals surface area contributed by atoms with E-state index in [0.29, 0.717) is 18.2 Å². The highest BCUT2D eigenvalue weighted by atomic mass is 35.5. The number of carbonyl (C=O) groups is 1. The fraction of sp³-hybridized carbons (Fsp3) is 0.462. The van der Waals surface area contributed by atoms with Crippen molar-refractivity contribution in [3.8, 4) is 0 Å². The topological polar surface area (TPSA) is 32.3 Å². The van der Waals surface area contributed by atoms with Crippen LogP contribution in [-0.2, 0) is 0 Å². The molecule has 3 nitrogen and oxygen atoms in total. The third-order valence-electron chi connectivity index (χ3n) is 3.28. The molecule has 1 fully saturated rings. The fourth-order valence-corrected chi connectivity index (χ4v) is 2.33. The summed E-state index contributed by atoms with van der Waals surface area (Å²) < 4.78 is 13.3. The molecule has 0 saturated carbocycles. The van der Waals surface area contributed by atoms with Crippen LogP contribution in [-0.4, -0.2) is 37.0 Å². The van der Waals surface area contributed by atoms with Crippen LogP contribution in [0.2, 0.25) is 5.02 Å². The molecule has 1 aromatic rings. The fourth-order valence-electron chi connectivity index (χ4n) is 2.21. The van der Waals surface area contributed by atoms with Gasteiger partial charge in [-0.2, -0.15) is 0 Å². The Kier molecular flexibility index (Phi) is 6.04. The number of hydrogen-bond acceptors (Lipinski definition) is 2. The van der Waals surface area contributed by atoms with Gasteiger partial charge >= 0.3 is 0 Å². The van der Waals surface area contributed by atoms with Crippen LogP contribution in [0.4, 0.5) is 4.39 Å². The SMILES string of the molecule is CNC1CCCN(C(=O)c2ccc(Cl)c(F)c2)C1.Cl. The van der Waals surface area contributed by atoms with E-state index in [1.807, 2.05) is 7.05 Å². The first-order valence-electron chi connectivity index (χ1n) is 6.03. The van der Waals surface area contributed by atoms with Gasteiger partial charge in [0.25, 0.3) is 5.91 Å². The van der Waals surface area contributed by atoms with Crippen molar-refractivity contribution >= 4 is 29.9 Å². The molecule has 1 aromatic carbocycles. The number of nitrogens with one attached hydrogen (secondary N) is 1. The van der Waals surface area contributed by atoms with Gasteiger partial charge in [0.1, 0.15) is 5.82 Å². The van der Waals surface area contributed by atoms with Crippen LogP contribution in [0, 0.1) is 5.82 Å². The predicted molar refractivity (Wildman–Crippen MR) is 76.6 cm³/mol. The zero-order chi connectivity index (χ0) is 13.1. The lowest BCUT2D eigenvalue weighted by molar-refractivity contribution is 0.0697. The van der Waals surface area contributed by atoms with Gasteiger partial charge in [0, 0.05) is 24.7 Å². The molecule has 1 atom stereocenters. The first-order chi connectivity index (χ1) is 8.61. The van der Waals surface area contributed by atoms with E-state index in [1.165, 1.54) is 12.1 Å². The van der Waals surface area contributed by atoms with Crippen molar-refractivity contribution in [3.63, 3.8) is 0 Å². The third kappa shape index (κ3) is 3.81. The van der Waals surface area contributed by atoms with Gasteiger partial charge in [0.05, 0.1) is 5.02 Å². The largest absolute Gasteiger partial charge is 0.337 e. The summed E-state index contributed by atoms with van der Waals surface area (Å²) in [6.07, 6.45) is 2.03. The number of rotatable bonds is 2. The second kappa shape index (κ2) is 7.08. The Hall–Kier alpha value is -0.840. The number of amides is 1. The molecule has 2 rings (SSSR count). The average Bonchev–Trinajstić information content (AvgIpc) is 2.41. The molecule has 0 spiro atoms. The minimum absolute atomic E-state index is 0. The average molecular weight is 307 g/mol. The lowest BCUT2D eigenvalue weighted by Gasteiger charge is -2.32. The monoisotopic (exact) mass is 306 g/mol. The predicted octanol–water partition coefficient (Wildman–Crippen LogP) is 2.72. The summed E-state index contributed by atoms with van der Waals surface area (Å²) in [6.45, 7) is 1.39. The maximum Gasteiger partial charge on any atom is 0.254 e. The molecule has 0 radical (unpaired) electrons. The molecule has 0 aliphatic carbocycles. The summed E-state index contributed by atoms with van der Waals surface area (Å²) in [7, 11) is 1.89. The molecule has 1 N–H and O–H groups in total. The van der Waals surface area contributed by atoms with Gasteiger partial charge in [-0.05, 0) is 38.1 Å². The van der Waals surface area contributed by atoms with E-state index in [9.17, 15) is 9.18 Å². The number of nitrogens with zero attached hydrogens (tertiary/aromatic N) is 1. The first kappa shape index (κ1) is 16.2. The Morgan fingerprint density at radius 2 is 2.26 bits per heavy atom. The highest BCUT2D eigenvalue weighted by Gasteiger charge is 2.23. The summed E-state index contributed by atoms with van der Waals surface area (Å²) >= 11 is 5.61. The smallest absolute Gasteiger partial charge is 0.254 e. The number of piperidine rings is 1. The van der Waals surface area contributed by atoms with Crippen molar-refractivity contribution in [2.75, 3.05) is 20.1 Å². The van der Waals surface area contributed by atoms with Crippen LogP contribution in [0.5, 0.6) is 0 Å². The van der Waals surface area contributed by atoms with E-state index in [4.69, 9.17) is 11.6 Å². The number of likely N-dealkylation sites (tertiary alicyclic amines) is 1. The van der Waals surface area contributed by atoms with E-state index in [0.717, 1.165) is 19.4 Å². The summed E-state index contributed by atoms with van der Waals surface area (Å²) in [5.41, 5.74) is 0.355. The third-order valence-corrected chi connectivity index (χ3v) is 3.59. The Morgan fingerprint density at radius 1 is 1.53 bits per heavy atom. The summed E-state index contributed by atoms with van der Waals surface area (Å²) in [4.78, 5) is 14.0. The molecule has 0 bridgehead atoms. The van der Waals surface area contributed by atoms with Gasteiger partial charge < -0.3 is 10.2 Å². The highest BCUT2D eigenvalue weighted by Crippen LogP contribution is 2.18. The van der Waals surface area contributed by atoms with E-state index in [-0.39, 0.29) is 23.3 Å². The first-order valence-corrected chi connectivity index (χ1v) is 6.41. The van der Waals surface area contributed by atoms with Crippen molar-refractivity contribution in [2.45, 2.75) is 18.9 Å². The molecule has 19 heavy (non-hydrogen) atoms. The van der Waals surface area contributed by atoms with Crippen LogP contribution in [0.25, 0.3) is 0 Å². The van der Waals surface area contributed by atoms with Crippen molar-refractivity contribution in [1.82, 2.24) is 10.2 Å². The molecule has 106 valence electrons. The van der Waals surface area contributed by atoms with Gasteiger partial charge in [-0.1, -0.05) is 11.6 Å². The Bertz CT molecular complexity index is 456. The lowest BCUT2D eigenvalue weighted by atomic mass is 10.0. The van der Waals surface area contributed by atoms with E-state index in [1.54, 1.807) is 11.0 Å². The maximum absolute atomic E-state index is 13.3. The van der Waals surface area contributed by atoms with Crippen molar-refractivity contribution in [3.05, 3.63) is 34.6 Å². The molecular formula is C13H17Cl2FN2O. The zero-order valence-electron chi connectivity index (χ0n) is 10.7. The van der Waals surface area contributed by atoms with E-state index >= 15 is 0 Å². The minimum atomic E-state index is -0.551. The molecule has 0 aromatic heterocycles. The molecule has 1 aliphatic heterocycles. The Labute approximate surface area is 123 Å². The highest BCUT2D eigenvalue weighted by molar-refractivity contribution is 6.30. The van der Waals surface area contributed by atoms with E-state index in [2.05, 4.69) is 5.32 Å². The van der Waals surface area contributed by atoms with Crippen molar-refractivity contribution in [1.29, 1.82) is 0 Å². The molecule has 6 heteroatoms. The van der Waals surface area contributed by atoms with Crippen molar-refractivity contribution in [2.24, 2.45) is 0 Å². The number of benzene rings is 1. The normalized spacial score (nSPS) is 18.9. The molecule has 1 aliphatic rings. The second-order valence-corrected chi connectivity index (χ2v) is 4.92. The standard InChI is InChI=1S/C13H16ClFN2O.ClH/c1-16-10-3-2-6-17(8-10)13(18)9-4-5-11(14)12(15)7-9;/h4-5,7,10,16H,2-3,6,8H2,1H3;1H. The molecule has 1 heterocycles. The van der Waals surface area contributed by atoms with Gasteiger partial charge in [-0.25, -0.2) is 4.39 Å². The lowest BCUT2D eigenvalue weighted by Crippen LogP contribution is -2.46. The quantitative estimate of drug-likeness (QED) is 0.911. The molecular weight excluding hydrogens is 290 g/mol. The number of carbonyl (C=O) groups excluding carboxylic acids is 1. The van der Waals surface area contributed by atoms with Crippen LogP contribution in [0.15, 0.2) is 18.2 Å². The number of likely N-dealkylation sites (N-methyl/N-ethyl adjacent to an activating group) is 1. The molecule has 1 amide bonds. The summed E-state index contributed by atoms with van der Waals surface area (Å²) in [6, 6.07) is 4.51. The second-order valence-electron chi connectivity index (χ2n) is 4.51. The summed E-state index contributed by atoms with van der Waals surface area (Å²) in [5.74, 6) is -0.685. The van der Waals surface area contributed by atoms with Gasteiger partial charge in [-0.15, -0.1) is 12.4 Å². The number of hydrogen-bond donors (Lipinski definition) is 1.